The minimum Gasteiger partial charge on any atom is -0.379 e. The second-order valence-corrected chi connectivity index (χ2v) is 5.71. The summed E-state index contributed by atoms with van der Waals surface area (Å²) in [6, 6.07) is 0. The molecule has 0 aromatic carbocycles. The summed E-state index contributed by atoms with van der Waals surface area (Å²) in [5.41, 5.74) is 6.68. The number of nitrogens with zero attached hydrogens (tertiary/aromatic N) is 1. The molecule has 3 heteroatoms. The first-order valence-electron chi connectivity index (χ1n) is 6.13. The fourth-order valence-corrected chi connectivity index (χ4v) is 2.56. The van der Waals surface area contributed by atoms with Gasteiger partial charge in [-0.1, -0.05) is 0 Å². The molecule has 0 bridgehead atoms. The molecule has 2 rings (SSSR count). The van der Waals surface area contributed by atoms with Crippen LogP contribution < -0.4 is 5.73 Å². The number of hydrogen-bond acceptors (Lipinski definition) is 3. The molecule has 0 atom stereocenters. The minimum atomic E-state index is -0.000708. The number of rotatable bonds is 4. The third-order valence-corrected chi connectivity index (χ3v) is 4.23. The van der Waals surface area contributed by atoms with Crippen LogP contribution in [0.3, 0.4) is 0 Å². The third-order valence-electron chi connectivity index (χ3n) is 4.23. The van der Waals surface area contributed by atoms with Crippen LogP contribution in [0.1, 0.15) is 33.1 Å². The van der Waals surface area contributed by atoms with Crippen LogP contribution in [0.15, 0.2) is 0 Å². The Labute approximate surface area is 93.0 Å². The van der Waals surface area contributed by atoms with Crippen molar-refractivity contribution < 1.29 is 4.74 Å². The van der Waals surface area contributed by atoms with Gasteiger partial charge < -0.3 is 10.5 Å². The Morgan fingerprint density at radius 1 is 1.27 bits per heavy atom. The van der Waals surface area contributed by atoms with Gasteiger partial charge in [0.15, 0.2) is 0 Å². The largest absolute Gasteiger partial charge is 0.379 e. The van der Waals surface area contributed by atoms with Crippen LogP contribution in [0.2, 0.25) is 0 Å². The molecular weight excluding hydrogens is 188 g/mol. The predicted octanol–water partition coefficient (Wildman–Crippen LogP) is 1.23. The molecule has 0 aromatic rings. The second-order valence-electron chi connectivity index (χ2n) is 5.71. The summed E-state index contributed by atoms with van der Waals surface area (Å²) in [7, 11) is 0. The Kier molecular flexibility index (Phi) is 3.06. The number of nitrogens with two attached hydrogens (primary N) is 1. The quantitative estimate of drug-likeness (QED) is 0.761. The maximum Gasteiger partial charge on any atom is 0.0594 e. The number of morpholine rings is 1. The van der Waals surface area contributed by atoms with Crippen molar-refractivity contribution in [2.24, 2.45) is 11.1 Å². The van der Waals surface area contributed by atoms with E-state index in [1.54, 1.807) is 0 Å². The van der Waals surface area contributed by atoms with Gasteiger partial charge in [0.05, 0.1) is 13.2 Å². The van der Waals surface area contributed by atoms with E-state index in [0.29, 0.717) is 5.41 Å². The SMILES string of the molecule is CC(C)(N)C1(CCN2CCOCC2)CC1. The average molecular weight is 212 g/mol. The van der Waals surface area contributed by atoms with Gasteiger partial charge in [0.1, 0.15) is 0 Å². The summed E-state index contributed by atoms with van der Waals surface area (Å²) in [6.07, 6.45) is 3.90. The van der Waals surface area contributed by atoms with Gasteiger partial charge in [0.25, 0.3) is 0 Å². The highest BCUT2D eigenvalue weighted by atomic mass is 16.5. The van der Waals surface area contributed by atoms with E-state index in [0.717, 1.165) is 26.3 Å². The lowest BCUT2D eigenvalue weighted by molar-refractivity contribution is 0.0328. The summed E-state index contributed by atoms with van der Waals surface area (Å²) in [6.45, 7) is 9.56. The van der Waals surface area contributed by atoms with Crippen LogP contribution in [0.5, 0.6) is 0 Å². The third kappa shape index (κ3) is 2.52. The molecular formula is C12H24N2O. The van der Waals surface area contributed by atoms with E-state index in [1.165, 1.54) is 25.8 Å². The zero-order chi connectivity index (χ0) is 10.9. The summed E-state index contributed by atoms with van der Waals surface area (Å²) in [5, 5.41) is 0. The molecule has 2 fully saturated rings. The average Bonchev–Trinajstić information content (AvgIpc) is 2.96. The summed E-state index contributed by atoms with van der Waals surface area (Å²) in [4.78, 5) is 2.51. The van der Waals surface area contributed by atoms with E-state index in [9.17, 15) is 0 Å². The molecule has 1 saturated carbocycles. The van der Waals surface area contributed by atoms with Crippen LogP contribution in [-0.2, 0) is 4.74 Å². The highest BCUT2D eigenvalue weighted by Gasteiger charge is 2.51. The van der Waals surface area contributed by atoms with E-state index in [2.05, 4.69) is 18.7 Å². The lowest BCUT2D eigenvalue weighted by atomic mass is 9.82. The highest BCUT2D eigenvalue weighted by molar-refractivity contribution is 5.06. The van der Waals surface area contributed by atoms with E-state index in [-0.39, 0.29) is 5.54 Å². The smallest absolute Gasteiger partial charge is 0.0594 e. The molecule has 2 aliphatic rings. The van der Waals surface area contributed by atoms with Crippen molar-refractivity contribution in [2.75, 3.05) is 32.8 Å². The van der Waals surface area contributed by atoms with Crippen LogP contribution in [0, 0.1) is 5.41 Å². The number of ether oxygens (including phenoxy) is 1. The van der Waals surface area contributed by atoms with Crippen molar-refractivity contribution in [1.29, 1.82) is 0 Å². The molecule has 0 radical (unpaired) electrons. The van der Waals surface area contributed by atoms with Gasteiger partial charge in [-0.05, 0) is 45.1 Å². The molecule has 15 heavy (non-hydrogen) atoms. The van der Waals surface area contributed by atoms with Gasteiger partial charge in [-0.25, -0.2) is 0 Å². The van der Waals surface area contributed by atoms with E-state index < -0.39 is 0 Å². The number of hydrogen-bond donors (Lipinski definition) is 1. The molecule has 0 spiro atoms. The molecule has 3 nitrogen and oxygen atoms in total. The molecule has 88 valence electrons. The van der Waals surface area contributed by atoms with Crippen LogP contribution >= 0.6 is 0 Å². The highest BCUT2D eigenvalue weighted by Crippen LogP contribution is 2.55. The predicted molar refractivity (Wildman–Crippen MR) is 61.8 cm³/mol. The monoisotopic (exact) mass is 212 g/mol. The summed E-state index contributed by atoms with van der Waals surface area (Å²) < 4.78 is 5.35. The van der Waals surface area contributed by atoms with Gasteiger partial charge in [0, 0.05) is 18.6 Å². The fraction of sp³-hybridized carbons (Fsp3) is 1.00. The molecule has 0 unspecified atom stereocenters. The summed E-state index contributed by atoms with van der Waals surface area (Å²) in [5.74, 6) is 0. The Balaban J connectivity index is 1.77. The first kappa shape index (κ1) is 11.4. The van der Waals surface area contributed by atoms with Crippen molar-refractivity contribution >= 4 is 0 Å². The first-order valence-corrected chi connectivity index (χ1v) is 6.13. The lowest BCUT2D eigenvalue weighted by Gasteiger charge is -2.34. The van der Waals surface area contributed by atoms with Gasteiger partial charge in [-0.15, -0.1) is 0 Å². The Morgan fingerprint density at radius 2 is 1.87 bits per heavy atom. The van der Waals surface area contributed by atoms with Crippen molar-refractivity contribution in [1.82, 2.24) is 4.90 Å². The van der Waals surface area contributed by atoms with Gasteiger partial charge in [0.2, 0.25) is 0 Å². The van der Waals surface area contributed by atoms with Crippen molar-refractivity contribution in [3.05, 3.63) is 0 Å². The molecule has 1 saturated heterocycles. The van der Waals surface area contributed by atoms with Crippen molar-refractivity contribution in [3.8, 4) is 0 Å². The molecule has 0 aromatic heterocycles. The van der Waals surface area contributed by atoms with Crippen LogP contribution in [0.4, 0.5) is 0 Å². The fourth-order valence-electron chi connectivity index (χ4n) is 2.56. The minimum absolute atomic E-state index is 0.000708. The topological polar surface area (TPSA) is 38.5 Å². The molecule has 1 aliphatic heterocycles. The normalized spacial score (nSPS) is 26.6. The van der Waals surface area contributed by atoms with Gasteiger partial charge in [-0.3, -0.25) is 4.90 Å². The van der Waals surface area contributed by atoms with E-state index in [4.69, 9.17) is 10.5 Å². The van der Waals surface area contributed by atoms with Gasteiger partial charge >= 0.3 is 0 Å². The maximum atomic E-state index is 6.25. The van der Waals surface area contributed by atoms with Crippen LogP contribution in [0.25, 0.3) is 0 Å². The summed E-state index contributed by atoms with van der Waals surface area (Å²) >= 11 is 0. The first-order chi connectivity index (χ1) is 7.04. The van der Waals surface area contributed by atoms with Crippen LogP contribution in [-0.4, -0.2) is 43.3 Å². The van der Waals surface area contributed by atoms with Crippen molar-refractivity contribution in [3.63, 3.8) is 0 Å². The lowest BCUT2D eigenvalue weighted by Crippen LogP contribution is -2.45. The Morgan fingerprint density at radius 3 is 2.33 bits per heavy atom. The van der Waals surface area contributed by atoms with E-state index in [1.807, 2.05) is 0 Å². The molecule has 1 heterocycles. The zero-order valence-electron chi connectivity index (χ0n) is 10.1. The molecule has 2 N–H and O–H groups in total. The maximum absolute atomic E-state index is 6.25. The second kappa shape index (κ2) is 4.04. The standard InChI is InChI=1S/C12H24N2O/c1-11(2,13)12(3-4-12)5-6-14-7-9-15-10-8-14/h3-10,13H2,1-2H3. The van der Waals surface area contributed by atoms with E-state index >= 15 is 0 Å². The zero-order valence-corrected chi connectivity index (χ0v) is 10.1. The Bertz CT molecular complexity index is 212. The van der Waals surface area contributed by atoms with Crippen molar-refractivity contribution in [2.45, 2.75) is 38.6 Å². The van der Waals surface area contributed by atoms with Gasteiger partial charge in [-0.2, -0.15) is 0 Å². The molecule has 1 aliphatic carbocycles. The molecule has 0 amide bonds. The Hall–Kier alpha value is -0.120.